The summed E-state index contributed by atoms with van der Waals surface area (Å²) in [7, 11) is 0. The number of nitrogens with zero attached hydrogens (tertiary/aromatic N) is 3. The van der Waals surface area contributed by atoms with Crippen LogP contribution in [0.2, 0.25) is 10.0 Å². The van der Waals surface area contributed by atoms with E-state index in [0.29, 0.717) is 28.9 Å². The van der Waals surface area contributed by atoms with E-state index < -0.39 is 6.03 Å². The van der Waals surface area contributed by atoms with E-state index in [1.165, 1.54) is 6.33 Å². The maximum Gasteiger partial charge on any atom is 0.326 e. The van der Waals surface area contributed by atoms with Gasteiger partial charge in [-0.3, -0.25) is 5.32 Å². The Labute approximate surface area is 166 Å². The van der Waals surface area contributed by atoms with E-state index in [-0.39, 0.29) is 5.95 Å². The average molecular weight is 406 g/mol. The van der Waals surface area contributed by atoms with Crippen molar-refractivity contribution in [3.63, 3.8) is 0 Å². The van der Waals surface area contributed by atoms with E-state index in [0.717, 1.165) is 11.3 Å². The summed E-state index contributed by atoms with van der Waals surface area (Å²) in [5.41, 5.74) is 1.36. The molecule has 0 spiro atoms. The number of ether oxygens (including phenoxy) is 1. The van der Waals surface area contributed by atoms with Crippen molar-refractivity contribution in [1.29, 1.82) is 0 Å². The number of benzene rings is 2. The van der Waals surface area contributed by atoms with Crippen LogP contribution in [0.3, 0.4) is 0 Å². The van der Waals surface area contributed by atoms with Gasteiger partial charge in [0.1, 0.15) is 12.1 Å². The second kappa shape index (κ2) is 8.75. The van der Waals surface area contributed by atoms with Crippen molar-refractivity contribution in [1.82, 2.24) is 14.8 Å². The molecule has 140 valence electrons. The molecule has 3 aromatic rings. The maximum atomic E-state index is 12.1. The summed E-state index contributed by atoms with van der Waals surface area (Å²) in [6, 6.07) is 11.9. The standard InChI is InChI=1S/C18H17Cl2N5O2/c1-2-27-13-8-6-12(7-9-13)22-18(26)23-17-21-11-25(24-17)10-14-15(19)4-3-5-16(14)20/h3-9,11H,2,10H2,1H3,(H2,22,23,24,26). The number of hydrogen-bond donors (Lipinski definition) is 2. The lowest BCUT2D eigenvalue weighted by atomic mass is 10.2. The Bertz CT molecular complexity index is 908. The van der Waals surface area contributed by atoms with Crippen molar-refractivity contribution >= 4 is 40.9 Å². The average Bonchev–Trinajstić information content (AvgIpc) is 3.07. The third-order valence-corrected chi connectivity index (χ3v) is 4.28. The summed E-state index contributed by atoms with van der Waals surface area (Å²) < 4.78 is 6.90. The highest BCUT2D eigenvalue weighted by Gasteiger charge is 2.10. The lowest BCUT2D eigenvalue weighted by Crippen LogP contribution is -2.20. The molecule has 0 unspecified atom stereocenters. The van der Waals surface area contributed by atoms with Crippen LogP contribution in [0.4, 0.5) is 16.4 Å². The zero-order valence-corrected chi connectivity index (χ0v) is 16.0. The van der Waals surface area contributed by atoms with E-state index in [2.05, 4.69) is 20.7 Å². The highest BCUT2D eigenvalue weighted by atomic mass is 35.5. The minimum absolute atomic E-state index is 0.168. The van der Waals surface area contributed by atoms with Crippen molar-refractivity contribution in [3.8, 4) is 5.75 Å². The third-order valence-electron chi connectivity index (χ3n) is 3.57. The van der Waals surface area contributed by atoms with Gasteiger partial charge in [-0.15, -0.1) is 5.10 Å². The Kier molecular flexibility index (Phi) is 6.16. The molecule has 1 aromatic heterocycles. The number of hydrogen-bond acceptors (Lipinski definition) is 4. The molecule has 3 rings (SSSR count). The van der Waals surface area contributed by atoms with Crippen molar-refractivity contribution in [3.05, 3.63) is 64.4 Å². The van der Waals surface area contributed by atoms with Crippen molar-refractivity contribution in [2.45, 2.75) is 13.5 Å². The van der Waals surface area contributed by atoms with Gasteiger partial charge < -0.3 is 10.1 Å². The van der Waals surface area contributed by atoms with Crippen molar-refractivity contribution in [2.24, 2.45) is 0 Å². The zero-order chi connectivity index (χ0) is 19.2. The fourth-order valence-corrected chi connectivity index (χ4v) is 2.86. The number of nitrogens with one attached hydrogen (secondary N) is 2. The smallest absolute Gasteiger partial charge is 0.326 e. The van der Waals surface area contributed by atoms with Crippen LogP contribution >= 0.6 is 23.2 Å². The Balaban J connectivity index is 1.59. The van der Waals surface area contributed by atoms with E-state index >= 15 is 0 Å². The van der Waals surface area contributed by atoms with Gasteiger partial charge in [0.25, 0.3) is 0 Å². The number of urea groups is 1. The first kappa shape index (κ1) is 19.0. The van der Waals surface area contributed by atoms with E-state index in [4.69, 9.17) is 27.9 Å². The Morgan fingerprint density at radius 2 is 1.81 bits per heavy atom. The first-order valence-corrected chi connectivity index (χ1v) is 8.94. The van der Waals surface area contributed by atoms with Crippen LogP contribution in [0.1, 0.15) is 12.5 Å². The number of rotatable bonds is 6. The van der Waals surface area contributed by atoms with Gasteiger partial charge in [-0.25, -0.2) is 14.5 Å². The second-order valence-corrected chi connectivity index (χ2v) is 6.32. The summed E-state index contributed by atoms with van der Waals surface area (Å²) in [6.07, 6.45) is 1.49. The van der Waals surface area contributed by atoms with Gasteiger partial charge >= 0.3 is 6.03 Å². The molecule has 7 nitrogen and oxygen atoms in total. The van der Waals surface area contributed by atoms with Crippen molar-refractivity contribution in [2.75, 3.05) is 17.2 Å². The zero-order valence-electron chi connectivity index (χ0n) is 14.4. The lowest BCUT2D eigenvalue weighted by Gasteiger charge is -2.07. The van der Waals surface area contributed by atoms with Gasteiger partial charge in [0.05, 0.1) is 13.2 Å². The summed E-state index contributed by atoms with van der Waals surface area (Å²) >= 11 is 12.3. The molecular formula is C18H17Cl2N5O2. The fourth-order valence-electron chi connectivity index (χ4n) is 2.34. The van der Waals surface area contributed by atoms with Crippen LogP contribution in [0.5, 0.6) is 5.75 Å². The number of carbonyl (C=O) groups is 1. The third kappa shape index (κ3) is 5.12. The highest BCUT2D eigenvalue weighted by Crippen LogP contribution is 2.25. The first-order chi connectivity index (χ1) is 13.0. The molecule has 0 aliphatic carbocycles. The highest BCUT2D eigenvalue weighted by molar-refractivity contribution is 6.35. The SMILES string of the molecule is CCOc1ccc(NC(=O)Nc2ncn(Cc3c(Cl)cccc3Cl)n2)cc1. The van der Waals surface area contributed by atoms with Crippen LogP contribution < -0.4 is 15.4 Å². The van der Waals surface area contributed by atoms with Gasteiger partial charge in [-0.05, 0) is 43.3 Å². The quantitative estimate of drug-likeness (QED) is 0.623. The molecule has 27 heavy (non-hydrogen) atoms. The largest absolute Gasteiger partial charge is 0.494 e. The topological polar surface area (TPSA) is 81.1 Å². The van der Waals surface area contributed by atoms with Crippen LogP contribution in [0, 0.1) is 0 Å². The van der Waals surface area contributed by atoms with Gasteiger partial charge in [0.2, 0.25) is 5.95 Å². The van der Waals surface area contributed by atoms with E-state index in [1.807, 2.05) is 6.92 Å². The number of anilines is 2. The van der Waals surface area contributed by atoms with Crippen LogP contribution in [0.25, 0.3) is 0 Å². The molecule has 0 saturated heterocycles. The van der Waals surface area contributed by atoms with Crippen LogP contribution in [-0.2, 0) is 6.54 Å². The molecule has 2 aromatic carbocycles. The number of aromatic nitrogens is 3. The minimum atomic E-state index is -0.451. The van der Waals surface area contributed by atoms with Gasteiger partial charge in [-0.1, -0.05) is 29.3 Å². The number of carbonyl (C=O) groups excluding carboxylic acids is 1. The first-order valence-electron chi connectivity index (χ1n) is 8.18. The fraction of sp³-hybridized carbons (Fsp3) is 0.167. The van der Waals surface area contributed by atoms with Crippen LogP contribution in [-0.4, -0.2) is 27.4 Å². The summed E-state index contributed by atoms with van der Waals surface area (Å²) in [5, 5.41) is 10.6. The molecular weight excluding hydrogens is 389 g/mol. The lowest BCUT2D eigenvalue weighted by molar-refractivity contribution is 0.262. The summed E-state index contributed by atoms with van der Waals surface area (Å²) in [5.74, 6) is 0.906. The molecule has 0 aliphatic rings. The van der Waals surface area contributed by atoms with Gasteiger partial charge in [0.15, 0.2) is 0 Å². The molecule has 0 fully saturated rings. The molecule has 0 bridgehead atoms. The van der Waals surface area contributed by atoms with Gasteiger partial charge in [0, 0.05) is 21.3 Å². The molecule has 0 aliphatic heterocycles. The summed E-state index contributed by atoms with van der Waals surface area (Å²) in [4.78, 5) is 16.1. The Morgan fingerprint density at radius 3 is 2.48 bits per heavy atom. The maximum absolute atomic E-state index is 12.1. The van der Waals surface area contributed by atoms with E-state index in [1.54, 1.807) is 47.1 Å². The molecule has 0 atom stereocenters. The molecule has 9 heteroatoms. The van der Waals surface area contributed by atoms with Crippen molar-refractivity contribution < 1.29 is 9.53 Å². The second-order valence-electron chi connectivity index (χ2n) is 5.50. The number of amides is 2. The molecule has 2 amide bonds. The molecule has 0 radical (unpaired) electrons. The Hall–Kier alpha value is -2.77. The van der Waals surface area contributed by atoms with Crippen LogP contribution in [0.15, 0.2) is 48.8 Å². The summed E-state index contributed by atoms with van der Waals surface area (Å²) in [6.45, 7) is 2.83. The predicted octanol–water partition coefficient (Wildman–Crippen LogP) is 4.68. The Morgan fingerprint density at radius 1 is 1.11 bits per heavy atom. The normalized spacial score (nSPS) is 10.5. The monoisotopic (exact) mass is 405 g/mol. The minimum Gasteiger partial charge on any atom is -0.494 e. The number of halogens is 2. The van der Waals surface area contributed by atoms with E-state index in [9.17, 15) is 4.79 Å². The predicted molar refractivity (Wildman–Crippen MR) is 106 cm³/mol. The van der Waals surface area contributed by atoms with Gasteiger partial charge in [-0.2, -0.15) is 0 Å². The molecule has 2 N–H and O–H groups in total. The molecule has 1 heterocycles. The molecule has 0 saturated carbocycles.